The van der Waals surface area contributed by atoms with Crippen LogP contribution in [0.1, 0.15) is 52.5 Å². The van der Waals surface area contributed by atoms with Crippen LogP contribution in [0.5, 0.6) is 0 Å². The van der Waals surface area contributed by atoms with Crippen molar-refractivity contribution in [1.29, 1.82) is 0 Å². The molecule has 264 valence electrons. The van der Waals surface area contributed by atoms with Crippen LogP contribution < -0.4 is 0 Å². The van der Waals surface area contributed by atoms with Gasteiger partial charge in [-0.05, 0) is 107 Å². The highest BCUT2D eigenvalue weighted by molar-refractivity contribution is 7.25. The van der Waals surface area contributed by atoms with E-state index < -0.39 is 0 Å². The molecule has 10 aromatic rings. The third kappa shape index (κ3) is 5.47. The molecule has 6 heteroatoms. The Bertz CT molecular complexity index is 3070. The summed E-state index contributed by atoms with van der Waals surface area (Å²) in [4.78, 5) is 14.4. The number of para-hydroxylation sites is 2. The summed E-state index contributed by atoms with van der Waals surface area (Å²) in [6.45, 7) is 11.8. The Morgan fingerprint density at radius 2 is 1.26 bits per heavy atom. The average molecular weight is 721 g/mol. The lowest BCUT2D eigenvalue weighted by Gasteiger charge is -2.29. The molecule has 0 bridgehead atoms. The van der Waals surface area contributed by atoms with Crippen molar-refractivity contribution in [3.63, 3.8) is 0 Å². The van der Waals surface area contributed by atoms with Gasteiger partial charge in [-0.2, -0.15) is 4.98 Å². The Kier molecular flexibility index (Phi) is 7.50. The second kappa shape index (κ2) is 12.4. The van der Waals surface area contributed by atoms with Gasteiger partial charge in [-0.1, -0.05) is 89.2 Å². The summed E-state index contributed by atoms with van der Waals surface area (Å²) < 4.78 is 10.9. The lowest BCUT2D eigenvalue weighted by molar-refractivity contribution is 0.301. The van der Waals surface area contributed by atoms with E-state index in [2.05, 4.69) is 135 Å². The fraction of sp³-hybridized carbons (Fsp3) is 0.188. The number of furan rings is 1. The highest BCUT2D eigenvalue weighted by Crippen LogP contribution is 2.42. The maximum atomic E-state index is 6.08. The van der Waals surface area contributed by atoms with Gasteiger partial charge < -0.3 is 4.42 Å². The van der Waals surface area contributed by atoms with Crippen LogP contribution in [0.15, 0.2) is 132 Å². The predicted octanol–water partition coefficient (Wildman–Crippen LogP) is 13.7. The zero-order chi connectivity index (χ0) is 36.7. The van der Waals surface area contributed by atoms with Crippen LogP contribution in [0.2, 0.25) is 0 Å². The van der Waals surface area contributed by atoms with E-state index in [1.54, 1.807) is 6.33 Å². The van der Waals surface area contributed by atoms with Gasteiger partial charge >= 0.3 is 0 Å². The van der Waals surface area contributed by atoms with Crippen molar-refractivity contribution in [3.05, 3.63) is 133 Å². The van der Waals surface area contributed by atoms with Crippen molar-refractivity contribution in [2.45, 2.75) is 47.0 Å². The Morgan fingerprint density at radius 1 is 0.611 bits per heavy atom. The zero-order valence-electron chi connectivity index (χ0n) is 31.1. The fourth-order valence-corrected chi connectivity index (χ4v) is 9.44. The van der Waals surface area contributed by atoms with Crippen molar-refractivity contribution in [2.75, 3.05) is 0 Å². The fourth-order valence-electron chi connectivity index (χ4n) is 8.37. The van der Waals surface area contributed by atoms with Gasteiger partial charge in [-0.3, -0.25) is 4.57 Å². The van der Waals surface area contributed by atoms with Crippen LogP contribution >= 0.6 is 11.3 Å². The van der Waals surface area contributed by atoms with Gasteiger partial charge in [-0.15, -0.1) is 11.3 Å². The van der Waals surface area contributed by atoms with Crippen LogP contribution in [-0.2, 0) is 0 Å². The van der Waals surface area contributed by atoms with Crippen molar-refractivity contribution < 1.29 is 4.42 Å². The number of nitrogens with zero attached hydrogens (tertiary/aromatic N) is 4. The van der Waals surface area contributed by atoms with Crippen molar-refractivity contribution in [1.82, 2.24) is 19.5 Å². The molecule has 0 fully saturated rings. The van der Waals surface area contributed by atoms with Gasteiger partial charge in [0.15, 0.2) is 5.82 Å². The molecule has 4 heterocycles. The molecule has 1 atom stereocenters. The minimum Gasteiger partial charge on any atom is -0.456 e. The minimum absolute atomic E-state index is 0.270. The van der Waals surface area contributed by atoms with E-state index in [0.717, 1.165) is 49.3 Å². The Hall–Kier alpha value is -5.85. The summed E-state index contributed by atoms with van der Waals surface area (Å²) >= 11 is 1.89. The zero-order valence-corrected chi connectivity index (χ0v) is 31.9. The lowest BCUT2D eigenvalue weighted by Crippen LogP contribution is -2.16. The van der Waals surface area contributed by atoms with Crippen molar-refractivity contribution >= 4 is 75.3 Å². The highest BCUT2D eigenvalue weighted by atomic mass is 32.1. The number of fused-ring (bicyclic) bond motifs is 9. The van der Waals surface area contributed by atoms with Crippen LogP contribution in [-0.4, -0.2) is 19.5 Å². The Morgan fingerprint density at radius 3 is 2.07 bits per heavy atom. The maximum absolute atomic E-state index is 6.08. The monoisotopic (exact) mass is 720 g/mol. The van der Waals surface area contributed by atoms with Crippen LogP contribution in [0.3, 0.4) is 0 Å². The number of hydrogen-bond donors (Lipinski definition) is 0. The first-order valence-corrected chi connectivity index (χ1v) is 19.6. The Balaban J connectivity index is 1.07. The summed E-state index contributed by atoms with van der Waals surface area (Å²) in [5, 5.41) is 7.13. The number of rotatable bonds is 6. The molecule has 0 saturated heterocycles. The van der Waals surface area contributed by atoms with Crippen LogP contribution in [0, 0.1) is 11.3 Å². The number of aromatic nitrogens is 4. The van der Waals surface area contributed by atoms with Crippen LogP contribution in [0.25, 0.3) is 92.4 Å². The molecule has 6 aromatic carbocycles. The minimum atomic E-state index is 0.270. The van der Waals surface area contributed by atoms with Gasteiger partial charge in [0.1, 0.15) is 17.5 Å². The average Bonchev–Trinajstić information content (AvgIpc) is 3.85. The largest absolute Gasteiger partial charge is 0.456 e. The Labute approximate surface area is 317 Å². The smallest absolute Gasteiger partial charge is 0.238 e. The van der Waals surface area contributed by atoms with Gasteiger partial charge in [0.25, 0.3) is 0 Å². The van der Waals surface area contributed by atoms with Crippen molar-refractivity contribution in [3.8, 4) is 28.5 Å². The molecule has 0 aliphatic heterocycles. The summed E-state index contributed by atoms with van der Waals surface area (Å²) in [6, 6.07) is 43.7. The molecule has 0 radical (unpaired) electrons. The van der Waals surface area contributed by atoms with E-state index in [9.17, 15) is 0 Å². The number of benzene rings is 6. The molecule has 54 heavy (non-hydrogen) atoms. The molecule has 4 aromatic heterocycles. The number of thiophene rings is 1. The van der Waals surface area contributed by atoms with Crippen LogP contribution in [0.4, 0.5) is 0 Å². The molecule has 0 aliphatic carbocycles. The third-order valence-corrected chi connectivity index (χ3v) is 12.1. The second-order valence-corrected chi connectivity index (χ2v) is 17.3. The molecule has 0 aliphatic rings. The molecule has 5 nitrogen and oxygen atoms in total. The first kappa shape index (κ1) is 32.8. The van der Waals surface area contributed by atoms with E-state index >= 15 is 0 Å². The SMILES string of the molecule is CC(C)C(CC(C)(C)C)c1ccc2sc3ccc(-c4ccc5c(c4)c4ccccc4n5-c4ncnc(-c5ccc6oc7ccccc7c6c5)n4)cc3c2c1. The summed E-state index contributed by atoms with van der Waals surface area (Å²) in [5.74, 6) is 2.30. The lowest BCUT2D eigenvalue weighted by atomic mass is 9.76. The number of hydrogen-bond acceptors (Lipinski definition) is 5. The van der Waals surface area contributed by atoms with Gasteiger partial charge in [-0.25, -0.2) is 9.97 Å². The topological polar surface area (TPSA) is 56.7 Å². The molecule has 0 spiro atoms. The van der Waals surface area contributed by atoms with Gasteiger partial charge in [0, 0.05) is 47.3 Å². The van der Waals surface area contributed by atoms with E-state index in [1.807, 2.05) is 41.7 Å². The van der Waals surface area contributed by atoms with E-state index in [-0.39, 0.29) is 5.41 Å². The quantitative estimate of drug-likeness (QED) is 0.172. The first-order valence-electron chi connectivity index (χ1n) is 18.8. The molecule has 10 rings (SSSR count). The predicted molar refractivity (Wildman–Crippen MR) is 227 cm³/mol. The molecular formula is C48H40N4OS. The molecule has 0 N–H and O–H groups in total. The summed E-state index contributed by atoms with van der Waals surface area (Å²) in [5.41, 5.74) is 8.86. The van der Waals surface area contributed by atoms with E-state index in [0.29, 0.717) is 23.6 Å². The molecule has 0 amide bonds. The van der Waals surface area contributed by atoms with Gasteiger partial charge in [0.2, 0.25) is 5.95 Å². The van der Waals surface area contributed by atoms with E-state index in [1.165, 1.54) is 43.3 Å². The second-order valence-electron chi connectivity index (χ2n) is 16.2. The molecule has 0 saturated carbocycles. The highest BCUT2D eigenvalue weighted by Gasteiger charge is 2.24. The standard InChI is InChI=1S/C48H40N4OS/c1-28(2)39(26-48(3,4)5)31-17-21-45-38(24-31)37-23-30(16-20-44(37)54-45)29-14-18-41-35(22-29)33-10-6-8-12-40(33)52(41)47-50-27-49-46(51-47)32-15-19-43-36(25-32)34-11-7-9-13-42(34)53-43/h6-25,27-28,39H,26H2,1-5H3. The maximum Gasteiger partial charge on any atom is 0.238 e. The molecular weight excluding hydrogens is 681 g/mol. The van der Waals surface area contributed by atoms with Gasteiger partial charge in [0.05, 0.1) is 11.0 Å². The first-order chi connectivity index (χ1) is 26.2. The third-order valence-electron chi connectivity index (χ3n) is 11.0. The molecule has 1 unspecified atom stereocenters. The van der Waals surface area contributed by atoms with E-state index in [4.69, 9.17) is 14.4 Å². The summed E-state index contributed by atoms with van der Waals surface area (Å²) in [6.07, 6.45) is 2.78. The normalized spacial score (nSPS) is 13.1. The van der Waals surface area contributed by atoms with Crippen molar-refractivity contribution in [2.24, 2.45) is 11.3 Å². The summed E-state index contributed by atoms with van der Waals surface area (Å²) in [7, 11) is 0.